The summed E-state index contributed by atoms with van der Waals surface area (Å²) in [6.07, 6.45) is 3.10. The van der Waals surface area contributed by atoms with Crippen LogP contribution in [0.1, 0.15) is 30.5 Å². The van der Waals surface area contributed by atoms with Crippen LogP contribution in [0.4, 0.5) is 5.69 Å². The second kappa shape index (κ2) is 8.44. The Kier molecular flexibility index (Phi) is 5.09. The van der Waals surface area contributed by atoms with Crippen molar-refractivity contribution in [2.45, 2.75) is 34.1 Å². The van der Waals surface area contributed by atoms with Gasteiger partial charge in [-0.2, -0.15) is 0 Å². The number of nitrogens with zero attached hydrogens (tertiary/aromatic N) is 2. The predicted octanol–water partition coefficient (Wildman–Crippen LogP) is 9.50. The number of rotatable bonds is 3. The molecule has 4 aromatic carbocycles. The van der Waals surface area contributed by atoms with Gasteiger partial charge >= 0.3 is 0 Å². The van der Waals surface area contributed by atoms with Gasteiger partial charge in [-0.05, 0) is 67.1 Å². The summed E-state index contributed by atoms with van der Waals surface area (Å²) in [5.74, 6) is 0.549. The third-order valence-electron chi connectivity index (χ3n) is 8.12. The summed E-state index contributed by atoms with van der Waals surface area (Å²) >= 11 is 0. The number of para-hydroxylation sites is 1. The first-order chi connectivity index (χ1) is 18.9. The second-order valence-electron chi connectivity index (χ2n) is 11.1. The Morgan fingerprint density at radius 1 is 0.795 bits per heavy atom. The lowest BCUT2D eigenvalue weighted by Crippen LogP contribution is -2.30. The second-order valence-corrected chi connectivity index (χ2v) is 11.1. The molecule has 39 heavy (non-hydrogen) atoms. The molecular formula is C35H29N2O2+. The zero-order valence-corrected chi connectivity index (χ0v) is 22.8. The van der Waals surface area contributed by atoms with Crippen molar-refractivity contribution in [1.29, 1.82) is 0 Å². The van der Waals surface area contributed by atoms with Crippen molar-refractivity contribution in [3.63, 3.8) is 0 Å². The summed E-state index contributed by atoms with van der Waals surface area (Å²) < 4.78 is 15.4. The Balaban J connectivity index is 1.58. The van der Waals surface area contributed by atoms with Gasteiger partial charge in [0.1, 0.15) is 29.4 Å². The molecule has 0 atom stereocenters. The van der Waals surface area contributed by atoms with Gasteiger partial charge in [0.2, 0.25) is 5.69 Å². The molecule has 4 nitrogen and oxygen atoms in total. The molecule has 3 aromatic heterocycles. The zero-order valence-electron chi connectivity index (χ0n) is 22.8. The van der Waals surface area contributed by atoms with Crippen molar-refractivity contribution >= 4 is 60.3 Å². The average Bonchev–Trinajstić information content (AvgIpc) is 3.48. The number of aryl methyl sites for hydroxylation is 2. The topological polar surface area (TPSA) is 34.5 Å². The molecule has 0 fully saturated rings. The number of aromatic nitrogens is 1. The molecule has 0 aliphatic rings. The number of pyridine rings is 1. The molecule has 0 unspecified atom stereocenters. The highest BCUT2D eigenvalue weighted by Gasteiger charge is 2.26. The van der Waals surface area contributed by atoms with Gasteiger partial charge in [0.15, 0.2) is 11.9 Å². The third-order valence-corrected chi connectivity index (χ3v) is 8.12. The van der Waals surface area contributed by atoms with E-state index in [4.69, 9.17) is 15.4 Å². The first kappa shape index (κ1) is 23.5. The molecule has 0 aliphatic heterocycles. The Morgan fingerprint density at radius 2 is 1.54 bits per heavy atom. The van der Waals surface area contributed by atoms with Crippen LogP contribution in [0, 0.1) is 26.3 Å². The number of furan rings is 2. The van der Waals surface area contributed by atoms with Crippen molar-refractivity contribution < 1.29 is 13.4 Å². The minimum atomic E-state index is 0.549. The van der Waals surface area contributed by atoms with Crippen LogP contribution in [0.3, 0.4) is 0 Å². The fourth-order valence-electron chi connectivity index (χ4n) is 6.16. The van der Waals surface area contributed by atoms with Crippen LogP contribution in [0.25, 0.3) is 70.8 Å². The average molecular weight is 510 g/mol. The normalized spacial score (nSPS) is 12.0. The van der Waals surface area contributed by atoms with E-state index in [0.717, 1.165) is 66.9 Å². The van der Waals surface area contributed by atoms with Crippen molar-refractivity contribution in [3.8, 4) is 11.3 Å². The molecule has 4 heteroatoms. The molecule has 0 N–H and O–H groups in total. The highest BCUT2D eigenvalue weighted by atomic mass is 16.3. The lowest BCUT2D eigenvalue weighted by Gasteiger charge is -2.11. The van der Waals surface area contributed by atoms with Gasteiger partial charge < -0.3 is 8.83 Å². The fraction of sp³-hybridized carbons (Fsp3) is 0.200. The Hall–Kier alpha value is -4.62. The first-order valence-electron chi connectivity index (χ1n) is 13.5. The Bertz CT molecular complexity index is 2170. The maximum Gasteiger partial charge on any atom is 0.224 e. The van der Waals surface area contributed by atoms with Gasteiger partial charge in [0.25, 0.3) is 0 Å². The number of benzene rings is 4. The summed E-state index contributed by atoms with van der Waals surface area (Å²) in [6, 6.07) is 21.0. The van der Waals surface area contributed by atoms with Crippen LogP contribution >= 0.6 is 0 Å². The minimum Gasteiger partial charge on any atom is -0.456 e. The highest BCUT2D eigenvalue weighted by molar-refractivity contribution is 6.19. The smallest absolute Gasteiger partial charge is 0.224 e. The maximum absolute atomic E-state index is 7.44. The van der Waals surface area contributed by atoms with Gasteiger partial charge in [0, 0.05) is 33.0 Å². The summed E-state index contributed by atoms with van der Waals surface area (Å²) in [5.41, 5.74) is 9.89. The highest BCUT2D eigenvalue weighted by Crippen LogP contribution is 2.43. The predicted molar refractivity (Wildman–Crippen MR) is 159 cm³/mol. The fourth-order valence-corrected chi connectivity index (χ4v) is 6.16. The summed E-state index contributed by atoms with van der Waals surface area (Å²) in [7, 11) is 2.09. The molecule has 3 heterocycles. The lowest BCUT2D eigenvalue weighted by molar-refractivity contribution is -0.659. The molecule has 0 aliphatic carbocycles. The van der Waals surface area contributed by atoms with E-state index in [0.29, 0.717) is 11.6 Å². The summed E-state index contributed by atoms with van der Waals surface area (Å²) in [6.45, 7) is 16.3. The van der Waals surface area contributed by atoms with Crippen molar-refractivity contribution in [1.82, 2.24) is 0 Å². The molecule has 0 saturated heterocycles. The van der Waals surface area contributed by atoms with E-state index in [1.54, 1.807) is 0 Å². The number of fused-ring (bicyclic) bond motifs is 8. The maximum atomic E-state index is 7.44. The first-order valence-corrected chi connectivity index (χ1v) is 13.5. The van der Waals surface area contributed by atoms with Crippen LogP contribution in [0.2, 0.25) is 0 Å². The quantitative estimate of drug-likeness (QED) is 0.176. The van der Waals surface area contributed by atoms with Crippen LogP contribution in [0.15, 0.2) is 75.7 Å². The van der Waals surface area contributed by atoms with Crippen LogP contribution < -0.4 is 4.57 Å². The molecular weight excluding hydrogens is 480 g/mol. The lowest BCUT2D eigenvalue weighted by atomic mass is 9.93. The number of hydrogen-bond donors (Lipinski definition) is 0. The Labute approximate surface area is 226 Å². The van der Waals surface area contributed by atoms with E-state index in [1.165, 1.54) is 22.1 Å². The van der Waals surface area contributed by atoms with Crippen molar-refractivity contribution in [2.24, 2.45) is 13.0 Å². The SMILES string of the molecule is [C-]#[N+]c1ccc2c(c1)oc1c(-c3c4ccc5c6cccc(CC(C)C)c6oc5c4cc[n+]3C)c(C)c(C)cc12. The molecule has 7 aromatic rings. The molecule has 0 amide bonds. The van der Waals surface area contributed by atoms with Gasteiger partial charge in [-0.1, -0.05) is 44.2 Å². The van der Waals surface area contributed by atoms with E-state index in [9.17, 15) is 0 Å². The molecule has 7 rings (SSSR count). The molecule has 190 valence electrons. The molecule has 0 saturated carbocycles. The van der Waals surface area contributed by atoms with Gasteiger partial charge in [-0.3, -0.25) is 0 Å². The van der Waals surface area contributed by atoms with Gasteiger partial charge in [0.05, 0.1) is 17.5 Å². The summed E-state index contributed by atoms with van der Waals surface area (Å²) in [5, 5.41) is 6.62. The monoisotopic (exact) mass is 509 g/mol. The molecule has 0 spiro atoms. The molecule has 0 radical (unpaired) electrons. The van der Waals surface area contributed by atoms with Gasteiger partial charge in [-0.25, -0.2) is 9.41 Å². The van der Waals surface area contributed by atoms with Crippen LogP contribution in [0.5, 0.6) is 0 Å². The van der Waals surface area contributed by atoms with Crippen LogP contribution in [-0.4, -0.2) is 0 Å². The van der Waals surface area contributed by atoms with Crippen molar-refractivity contribution in [2.75, 3.05) is 0 Å². The van der Waals surface area contributed by atoms with E-state index >= 15 is 0 Å². The Morgan fingerprint density at radius 3 is 2.33 bits per heavy atom. The zero-order chi connectivity index (χ0) is 27.0. The minimum absolute atomic E-state index is 0.549. The van der Waals surface area contributed by atoms with E-state index in [1.807, 2.05) is 18.2 Å². The molecule has 0 bridgehead atoms. The van der Waals surface area contributed by atoms with Gasteiger partial charge in [-0.15, -0.1) is 0 Å². The summed E-state index contributed by atoms with van der Waals surface area (Å²) in [4.78, 5) is 3.61. The van der Waals surface area contributed by atoms with E-state index < -0.39 is 0 Å². The van der Waals surface area contributed by atoms with E-state index in [-0.39, 0.29) is 0 Å². The van der Waals surface area contributed by atoms with Crippen molar-refractivity contribution in [3.05, 3.63) is 95.0 Å². The number of hydrogen-bond acceptors (Lipinski definition) is 2. The standard InChI is InChI=1S/C35H29N2O2/c1-19(2)16-22-8-7-9-26-27-13-12-25-28(34(27)39-33(22)26)14-15-37(6)32(25)31-21(4)20(3)17-29-24-11-10-23(36-5)18-30(24)38-35(29)31/h7-15,17-19H,16H2,1-4,6H3/q+1. The largest absolute Gasteiger partial charge is 0.456 e. The van der Waals surface area contributed by atoms with E-state index in [2.05, 4.69) is 92.8 Å². The third kappa shape index (κ3) is 3.40. The van der Waals surface area contributed by atoms with Crippen LogP contribution in [-0.2, 0) is 13.5 Å².